The van der Waals surface area contributed by atoms with Gasteiger partial charge in [0.1, 0.15) is 0 Å². The number of nitrogens with zero attached hydrogens (tertiary/aromatic N) is 2. The molecule has 2 aromatic carbocycles. The molecule has 0 saturated heterocycles. The van der Waals surface area contributed by atoms with E-state index in [-0.39, 0.29) is 5.91 Å². The van der Waals surface area contributed by atoms with Gasteiger partial charge in [0.2, 0.25) is 0 Å². The Kier molecular flexibility index (Phi) is 3.44. The fourth-order valence-electron chi connectivity index (χ4n) is 2.52. The van der Waals surface area contributed by atoms with Crippen molar-refractivity contribution in [1.29, 1.82) is 0 Å². The van der Waals surface area contributed by atoms with E-state index in [4.69, 9.17) is 0 Å². The zero-order chi connectivity index (χ0) is 14.8. The lowest BCUT2D eigenvalue weighted by molar-refractivity contribution is 0.0988. The number of hydrogen-bond acceptors (Lipinski definition) is 2. The first kappa shape index (κ1) is 13.4. The molecule has 0 aliphatic carbocycles. The number of hydrogen-bond donors (Lipinski definition) is 1. The Morgan fingerprint density at radius 1 is 1.24 bits per heavy atom. The summed E-state index contributed by atoms with van der Waals surface area (Å²) in [6, 6.07) is 13.5. The molecule has 0 spiro atoms. The maximum absolute atomic E-state index is 12.8. The number of carbonyl (C=O) groups is 1. The third-order valence-electron chi connectivity index (χ3n) is 3.66. The monoisotopic (exact) mass is 279 g/mol. The molecule has 1 heterocycles. The fourth-order valence-corrected chi connectivity index (χ4v) is 2.52. The van der Waals surface area contributed by atoms with Gasteiger partial charge in [-0.05, 0) is 37.6 Å². The topological polar surface area (TPSA) is 49.0 Å². The van der Waals surface area contributed by atoms with Crippen LogP contribution in [-0.2, 0) is 0 Å². The van der Waals surface area contributed by atoms with Gasteiger partial charge < -0.3 is 4.90 Å². The molecule has 0 saturated carbocycles. The second-order valence-electron chi connectivity index (χ2n) is 5.01. The summed E-state index contributed by atoms with van der Waals surface area (Å²) in [5, 5.41) is 7.90. The minimum Gasteiger partial charge on any atom is -0.308 e. The van der Waals surface area contributed by atoms with E-state index >= 15 is 0 Å². The first-order valence-corrected chi connectivity index (χ1v) is 7.01. The van der Waals surface area contributed by atoms with Crippen LogP contribution < -0.4 is 4.90 Å². The molecule has 0 bridgehead atoms. The van der Waals surface area contributed by atoms with Crippen LogP contribution in [0.2, 0.25) is 0 Å². The molecular formula is C17H17N3O. The number of para-hydroxylation sites is 1. The number of aromatic nitrogens is 2. The number of fused-ring (bicyclic) bond motifs is 1. The van der Waals surface area contributed by atoms with Gasteiger partial charge in [-0.1, -0.05) is 24.3 Å². The zero-order valence-electron chi connectivity index (χ0n) is 12.1. The number of amides is 1. The molecule has 0 aliphatic heterocycles. The molecule has 1 amide bonds. The Bertz CT molecular complexity index is 791. The van der Waals surface area contributed by atoms with Crippen LogP contribution in [0.25, 0.3) is 10.9 Å². The Hall–Kier alpha value is -2.62. The van der Waals surface area contributed by atoms with Crippen LogP contribution in [-0.4, -0.2) is 22.6 Å². The summed E-state index contributed by atoms with van der Waals surface area (Å²) in [4.78, 5) is 14.6. The van der Waals surface area contributed by atoms with E-state index in [0.29, 0.717) is 12.1 Å². The third-order valence-corrected chi connectivity index (χ3v) is 3.66. The van der Waals surface area contributed by atoms with Gasteiger partial charge in [-0.2, -0.15) is 5.10 Å². The SMILES string of the molecule is CCN(C(=O)c1ccc2cn[nH]c2c1)c1ccccc1C. The van der Waals surface area contributed by atoms with Crippen molar-refractivity contribution in [1.82, 2.24) is 10.2 Å². The second kappa shape index (κ2) is 5.40. The van der Waals surface area contributed by atoms with Crippen LogP contribution in [0.4, 0.5) is 5.69 Å². The highest BCUT2D eigenvalue weighted by Gasteiger charge is 2.17. The molecule has 106 valence electrons. The number of benzene rings is 2. The Morgan fingerprint density at radius 3 is 2.81 bits per heavy atom. The van der Waals surface area contributed by atoms with Crippen molar-refractivity contribution in [3.63, 3.8) is 0 Å². The van der Waals surface area contributed by atoms with Gasteiger partial charge in [0.25, 0.3) is 5.91 Å². The van der Waals surface area contributed by atoms with Crippen LogP contribution in [0.15, 0.2) is 48.7 Å². The molecule has 1 aromatic heterocycles. The van der Waals surface area contributed by atoms with Crippen LogP contribution in [0, 0.1) is 6.92 Å². The molecule has 4 nitrogen and oxygen atoms in total. The standard InChI is InChI=1S/C17H17N3O/c1-3-20(16-7-5-4-6-12(16)2)17(21)13-8-9-14-11-18-19-15(14)10-13/h4-11H,3H2,1-2H3,(H,18,19). The summed E-state index contributed by atoms with van der Waals surface area (Å²) >= 11 is 0. The molecule has 0 fully saturated rings. The van der Waals surface area contributed by atoms with Crippen molar-refractivity contribution in [3.8, 4) is 0 Å². The van der Waals surface area contributed by atoms with Gasteiger partial charge in [0, 0.05) is 23.2 Å². The van der Waals surface area contributed by atoms with E-state index in [2.05, 4.69) is 10.2 Å². The van der Waals surface area contributed by atoms with Crippen molar-refractivity contribution in [2.45, 2.75) is 13.8 Å². The van der Waals surface area contributed by atoms with E-state index in [1.807, 2.05) is 56.3 Å². The van der Waals surface area contributed by atoms with Crippen LogP contribution in [0.5, 0.6) is 0 Å². The summed E-state index contributed by atoms with van der Waals surface area (Å²) in [6.07, 6.45) is 1.75. The average molecular weight is 279 g/mol. The van der Waals surface area contributed by atoms with E-state index < -0.39 is 0 Å². The molecule has 3 aromatic rings. The number of anilines is 1. The van der Waals surface area contributed by atoms with Gasteiger partial charge in [0.15, 0.2) is 0 Å². The lowest BCUT2D eigenvalue weighted by atomic mass is 10.1. The lowest BCUT2D eigenvalue weighted by Crippen LogP contribution is -2.31. The zero-order valence-corrected chi connectivity index (χ0v) is 12.1. The Morgan fingerprint density at radius 2 is 2.05 bits per heavy atom. The maximum atomic E-state index is 12.8. The highest BCUT2D eigenvalue weighted by molar-refractivity contribution is 6.08. The summed E-state index contributed by atoms with van der Waals surface area (Å²) in [5.41, 5.74) is 3.59. The van der Waals surface area contributed by atoms with E-state index in [1.165, 1.54) is 0 Å². The molecule has 0 unspecified atom stereocenters. The number of rotatable bonds is 3. The molecule has 21 heavy (non-hydrogen) atoms. The van der Waals surface area contributed by atoms with Gasteiger partial charge in [0.05, 0.1) is 11.7 Å². The maximum Gasteiger partial charge on any atom is 0.258 e. The first-order chi connectivity index (χ1) is 10.2. The number of carbonyl (C=O) groups excluding carboxylic acids is 1. The van der Waals surface area contributed by atoms with Crippen LogP contribution >= 0.6 is 0 Å². The Balaban J connectivity index is 2.00. The van der Waals surface area contributed by atoms with E-state index in [9.17, 15) is 4.79 Å². The third kappa shape index (κ3) is 2.40. The number of aromatic amines is 1. The van der Waals surface area contributed by atoms with E-state index in [0.717, 1.165) is 22.2 Å². The normalized spacial score (nSPS) is 10.8. The van der Waals surface area contributed by atoms with Crippen molar-refractivity contribution >= 4 is 22.5 Å². The quantitative estimate of drug-likeness (QED) is 0.797. The van der Waals surface area contributed by atoms with Crippen LogP contribution in [0.3, 0.4) is 0 Å². The number of aryl methyl sites for hydroxylation is 1. The summed E-state index contributed by atoms with van der Waals surface area (Å²) in [6.45, 7) is 4.63. The summed E-state index contributed by atoms with van der Waals surface area (Å²) in [5.74, 6) is 0.00306. The number of nitrogens with one attached hydrogen (secondary N) is 1. The minimum atomic E-state index is 0.00306. The molecule has 0 atom stereocenters. The molecule has 0 aliphatic rings. The molecular weight excluding hydrogens is 262 g/mol. The van der Waals surface area contributed by atoms with Crippen molar-refractivity contribution < 1.29 is 4.79 Å². The van der Waals surface area contributed by atoms with E-state index in [1.54, 1.807) is 11.1 Å². The molecule has 1 N–H and O–H groups in total. The molecule has 4 heteroatoms. The predicted molar refractivity (Wildman–Crippen MR) is 84.6 cm³/mol. The average Bonchev–Trinajstić information content (AvgIpc) is 2.97. The molecule has 3 rings (SSSR count). The predicted octanol–water partition coefficient (Wildman–Crippen LogP) is 3.54. The van der Waals surface area contributed by atoms with Gasteiger partial charge in [-0.25, -0.2) is 0 Å². The lowest BCUT2D eigenvalue weighted by Gasteiger charge is -2.23. The van der Waals surface area contributed by atoms with Gasteiger partial charge in [-0.15, -0.1) is 0 Å². The fraction of sp³-hybridized carbons (Fsp3) is 0.176. The Labute approximate surface area is 123 Å². The highest BCUT2D eigenvalue weighted by atomic mass is 16.2. The second-order valence-corrected chi connectivity index (χ2v) is 5.01. The van der Waals surface area contributed by atoms with Gasteiger partial charge >= 0.3 is 0 Å². The van der Waals surface area contributed by atoms with Gasteiger partial charge in [-0.3, -0.25) is 9.89 Å². The smallest absolute Gasteiger partial charge is 0.258 e. The van der Waals surface area contributed by atoms with Crippen LogP contribution in [0.1, 0.15) is 22.8 Å². The summed E-state index contributed by atoms with van der Waals surface area (Å²) in [7, 11) is 0. The number of H-pyrrole nitrogens is 1. The van der Waals surface area contributed by atoms with Crippen molar-refractivity contribution in [2.75, 3.05) is 11.4 Å². The highest BCUT2D eigenvalue weighted by Crippen LogP contribution is 2.22. The van der Waals surface area contributed by atoms with Crippen molar-refractivity contribution in [2.24, 2.45) is 0 Å². The minimum absolute atomic E-state index is 0.00306. The molecule has 0 radical (unpaired) electrons. The van der Waals surface area contributed by atoms with Crippen molar-refractivity contribution in [3.05, 3.63) is 59.8 Å². The first-order valence-electron chi connectivity index (χ1n) is 7.01. The largest absolute Gasteiger partial charge is 0.308 e. The summed E-state index contributed by atoms with van der Waals surface area (Å²) < 4.78 is 0.